The Morgan fingerprint density at radius 2 is 0.472 bits per heavy atom. The zero-order valence-corrected chi connectivity index (χ0v) is 57.1. The lowest BCUT2D eigenvalue weighted by Gasteiger charge is -2.15. The van der Waals surface area contributed by atoms with Gasteiger partial charge in [0.25, 0.3) is 0 Å². The van der Waals surface area contributed by atoms with E-state index in [2.05, 4.69) is 303 Å². The quantitative estimate of drug-likeness (QED) is 0.112. The summed E-state index contributed by atoms with van der Waals surface area (Å²) in [6.07, 6.45) is 0. The van der Waals surface area contributed by atoms with Crippen LogP contribution in [0.15, 0.2) is 373 Å². The summed E-state index contributed by atoms with van der Waals surface area (Å²) in [5.74, 6) is 3.38. The Hall–Kier alpha value is -14.3. The van der Waals surface area contributed by atoms with Gasteiger partial charge >= 0.3 is 0 Å². The van der Waals surface area contributed by atoms with Crippen LogP contribution < -0.4 is 0 Å². The predicted octanol–water partition coefficient (Wildman–Crippen LogP) is 25.8. The first-order valence-electron chi connectivity index (χ1n) is 35.6. The molecule has 8 nitrogen and oxygen atoms in total. The summed E-state index contributed by atoms with van der Waals surface area (Å²) in [6.45, 7) is 0. The lowest BCUT2D eigenvalue weighted by molar-refractivity contribution is 0.669. The van der Waals surface area contributed by atoms with E-state index in [9.17, 15) is 0 Å². The molecule has 16 aromatic carbocycles. The largest absolute Gasteiger partial charge is 0.455 e. The fourth-order valence-electron chi connectivity index (χ4n) is 15.0. The topological polar surface area (TPSA) is 104 Å². The summed E-state index contributed by atoms with van der Waals surface area (Å²) >= 11 is 0. The predicted molar refractivity (Wildman–Crippen MR) is 433 cm³/mol. The van der Waals surface area contributed by atoms with Crippen molar-refractivity contribution in [3.8, 4) is 146 Å². The van der Waals surface area contributed by atoms with Gasteiger partial charge < -0.3 is 8.83 Å². The molecule has 0 bridgehead atoms. The molecule has 494 valence electrons. The standard InChI is InChI=1S/C98H60N6O2/c1-2-16-61(17-3-1)63-42-49-71(50-43-63)93-99-94(101-96(100-93)86-30-14-28-84-82-26-8-10-32-88(82)105-91(84)86)72-51-44-68(45-52-72)77-23-12-21-75(58-77)66-38-34-64(35-39-66)65-36-40-67(41-37-65)76-22-13-24-78(59-76)69-46-53-73(54-47-69)95-102-97(87-31-15-29-85-83-27-9-11-33-89(83)106-92(85)87)104-98(103-95)90-80-25-7-6-19-70(80)56-57-81(90)79-55-48-62-18-4-5-20-74(62)60-79/h1-60H. The minimum atomic E-state index is 0.532. The molecule has 0 spiro atoms. The third-order valence-electron chi connectivity index (χ3n) is 20.5. The highest BCUT2D eigenvalue weighted by Gasteiger charge is 2.23. The van der Waals surface area contributed by atoms with Crippen LogP contribution in [0.25, 0.3) is 212 Å². The summed E-state index contributed by atoms with van der Waals surface area (Å²) in [5.41, 5.74) is 23.9. The van der Waals surface area contributed by atoms with E-state index in [4.69, 9.17) is 38.7 Å². The molecule has 0 fully saturated rings. The highest BCUT2D eigenvalue weighted by Crippen LogP contribution is 2.43. The molecule has 0 N–H and O–H groups in total. The molecule has 20 aromatic rings. The van der Waals surface area contributed by atoms with Crippen molar-refractivity contribution < 1.29 is 8.83 Å². The Kier molecular flexibility index (Phi) is 15.0. The average molecular weight is 1350 g/mol. The van der Waals surface area contributed by atoms with Gasteiger partial charge in [0.2, 0.25) is 0 Å². The van der Waals surface area contributed by atoms with Crippen LogP contribution in [0.4, 0.5) is 0 Å². The zero-order chi connectivity index (χ0) is 70.0. The van der Waals surface area contributed by atoms with Gasteiger partial charge in [0.15, 0.2) is 34.9 Å². The fourth-order valence-corrected chi connectivity index (χ4v) is 15.0. The molecule has 4 heterocycles. The van der Waals surface area contributed by atoms with Crippen LogP contribution in [0.1, 0.15) is 0 Å². The third-order valence-corrected chi connectivity index (χ3v) is 20.5. The van der Waals surface area contributed by atoms with Crippen LogP contribution in [0.3, 0.4) is 0 Å². The molecule has 20 rings (SSSR count). The van der Waals surface area contributed by atoms with Gasteiger partial charge in [-0.3, -0.25) is 0 Å². The maximum Gasteiger partial charge on any atom is 0.167 e. The van der Waals surface area contributed by atoms with Crippen LogP contribution >= 0.6 is 0 Å². The van der Waals surface area contributed by atoms with E-state index in [0.29, 0.717) is 34.9 Å². The lowest BCUT2D eigenvalue weighted by Crippen LogP contribution is -2.02. The van der Waals surface area contributed by atoms with Crippen molar-refractivity contribution >= 4 is 65.4 Å². The first-order chi connectivity index (χ1) is 52.5. The molecule has 0 aliphatic heterocycles. The molecule has 8 heteroatoms. The highest BCUT2D eigenvalue weighted by molar-refractivity contribution is 6.11. The van der Waals surface area contributed by atoms with Crippen molar-refractivity contribution in [3.63, 3.8) is 0 Å². The zero-order valence-electron chi connectivity index (χ0n) is 57.1. The third kappa shape index (κ3) is 11.3. The normalized spacial score (nSPS) is 11.6. The summed E-state index contributed by atoms with van der Waals surface area (Å²) < 4.78 is 13.1. The molecular weight excluding hydrogens is 1290 g/mol. The van der Waals surface area contributed by atoms with E-state index >= 15 is 0 Å². The van der Waals surface area contributed by atoms with E-state index in [1.165, 1.54) is 5.39 Å². The number of aromatic nitrogens is 6. The van der Waals surface area contributed by atoms with Gasteiger partial charge in [0.05, 0.1) is 11.1 Å². The second-order valence-corrected chi connectivity index (χ2v) is 26.9. The number of hydrogen-bond acceptors (Lipinski definition) is 8. The molecule has 0 saturated heterocycles. The Morgan fingerprint density at radius 3 is 0.943 bits per heavy atom. The Morgan fingerprint density at radius 1 is 0.160 bits per heavy atom. The second-order valence-electron chi connectivity index (χ2n) is 26.9. The first kappa shape index (κ1) is 61.5. The number of nitrogens with zero attached hydrogens (tertiary/aromatic N) is 6. The number of para-hydroxylation sites is 4. The monoisotopic (exact) mass is 1350 g/mol. The van der Waals surface area contributed by atoms with Gasteiger partial charge in [-0.1, -0.05) is 322 Å². The number of benzene rings is 16. The van der Waals surface area contributed by atoms with Gasteiger partial charge in [-0.15, -0.1) is 0 Å². The molecular formula is C98H60N6O2. The van der Waals surface area contributed by atoms with E-state index in [1.54, 1.807) is 0 Å². The smallest absolute Gasteiger partial charge is 0.167 e. The molecule has 0 aliphatic carbocycles. The van der Waals surface area contributed by atoms with Crippen LogP contribution in [-0.4, -0.2) is 29.9 Å². The number of rotatable bonds is 13. The van der Waals surface area contributed by atoms with E-state index < -0.39 is 0 Å². The molecule has 4 aromatic heterocycles. The van der Waals surface area contributed by atoms with Crippen molar-refractivity contribution in [3.05, 3.63) is 364 Å². The molecule has 0 saturated carbocycles. The van der Waals surface area contributed by atoms with Gasteiger partial charge in [-0.25, -0.2) is 29.9 Å². The van der Waals surface area contributed by atoms with Gasteiger partial charge in [0, 0.05) is 43.8 Å². The van der Waals surface area contributed by atoms with Gasteiger partial charge in [-0.05, 0) is 142 Å². The van der Waals surface area contributed by atoms with Crippen LogP contribution in [-0.2, 0) is 0 Å². The van der Waals surface area contributed by atoms with Crippen molar-refractivity contribution in [2.45, 2.75) is 0 Å². The maximum atomic E-state index is 6.64. The minimum absolute atomic E-state index is 0.532. The SMILES string of the molecule is c1ccc(-c2ccc(-c3nc(-c4ccc(-c5cccc(-c6ccc(-c7ccc(-c8cccc(-c9ccc(-c%10nc(-c%11c(-c%12ccc%13ccccc%13c%12)ccc%12ccccc%11%12)nc(-c%11cccc%12c%11oc%11ccccc%11%12)n%10)cc9)c8)cc7)cc6)c5)cc4)nc(-c4cccc5c4oc4ccccc45)n3)cc2)cc1. The Balaban J connectivity index is 0.564. The maximum absolute atomic E-state index is 6.64. The highest BCUT2D eigenvalue weighted by atomic mass is 16.3. The molecule has 0 unspecified atom stereocenters. The number of furan rings is 2. The molecule has 0 atom stereocenters. The second kappa shape index (κ2) is 25.9. The van der Waals surface area contributed by atoms with E-state index in [-0.39, 0.29) is 0 Å². The summed E-state index contributed by atoms with van der Waals surface area (Å²) in [7, 11) is 0. The van der Waals surface area contributed by atoms with Gasteiger partial charge in [0.1, 0.15) is 22.3 Å². The number of hydrogen-bond donors (Lipinski definition) is 0. The average Bonchev–Trinajstić information content (AvgIpc) is 1.52. The fraction of sp³-hybridized carbons (Fsp3) is 0. The lowest BCUT2D eigenvalue weighted by atomic mass is 9.92. The van der Waals surface area contributed by atoms with Crippen molar-refractivity contribution in [2.24, 2.45) is 0 Å². The van der Waals surface area contributed by atoms with E-state index in [1.807, 2.05) is 60.7 Å². The molecule has 0 amide bonds. The van der Waals surface area contributed by atoms with Crippen LogP contribution in [0.2, 0.25) is 0 Å². The van der Waals surface area contributed by atoms with Crippen LogP contribution in [0.5, 0.6) is 0 Å². The molecule has 0 radical (unpaired) electrons. The minimum Gasteiger partial charge on any atom is -0.455 e. The van der Waals surface area contributed by atoms with Crippen molar-refractivity contribution in [1.29, 1.82) is 0 Å². The number of fused-ring (bicyclic) bond motifs is 8. The first-order valence-corrected chi connectivity index (χ1v) is 35.6. The molecule has 106 heavy (non-hydrogen) atoms. The van der Waals surface area contributed by atoms with Crippen LogP contribution in [0, 0.1) is 0 Å². The van der Waals surface area contributed by atoms with Crippen molar-refractivity contribution in [2.75, 3.05) is 0 Å². The van der Waals surface area contributed by atoms with Crippen molar-refractivity contribution in [1.82, 2.24) is 29.9 Å². The van der Waals surface area contributed by atoms with Gasteiger partial charge in [-0.2, -0.15) is 0 Å². The summed E-state index contributed by atoms with van der Waals surface area (Å²) in [5, 5.41) is 8.61. The summed E-state index contributed by atoms with van der Waals surface area (Å²) in [6, 6.07) is 128. The van der Waals surface area contributed by atoms with E-state index in [0.717, 1.165) is 171 Å². The summed E-state index contributed by atoms with van der Waals surface area (Å²) in [4.78, 5) is 31.6. The Labute approximate surface area is 610 Å². The Bertz CT molecular complexity index is 6790. The molecule has 0 aliphatic rings.